The molecule has 0 unspecified atom stereocenters. The Morgan fingerprint density at radius 3 is 2.90 bits per heavy atom. The fourth-order valence-electron chi connectivity index (χ4n) is 1.85. The smallest absolute Gasteiger partial charge is 0.254 e. The lowest BCUT2D eigenvalue weighted by Gasteiger charge is -2.07. The number of nitrogens with zero attached hydrogens (tertiary/aromatic N) is 5. The van der Waals surface area contributed by atoms with E-state index in [9.17, 15) is 4.79 Å². The van der Waals surface area contributed by atoms with Crippen LogP contribution in [0.5, 0.6) is 0 Å². The van der Waals surface area contributed by atoms with Gasteiger partial charge in [-0.25, -0.2) is 9.97 Å². The molecule has 0 aromatic carbocycles. The number of aromatic nitrogens is 5. The summed E-state index contributed by atoms with van der Waals surface area (Å²) in [7, 11) is 0. The molecule has 2 heterocycles. The minimum Gasteiger partial charge on any atom is -0.351 e. The number of aryl methyl sites for hydroxylation is 2. The first-order valence-corrected chi connectivity index (χ1v) is 7.69. The second-order valence-electron chi connectivity index (χ2n) is 4.40. The summed E-state index contributed by atoms with van der Waals surface area (Å²) < 4.78 is 2.04. The lowest BCUT2D eigenvalue weighted by molar-refractivity contribution is 0.0954. The predicted octanol–water partition coefficient (Wildman–Crippen LogP) is 1.23. The van der Waals surface area contributed by atoms with Gasteiger partial charge < -0.3 is 9.88 Å². The molecule has 21 heavy (non-hydrogen) atoms. The summed E-state index contributed by atoms with van der Waals surface area (Å²) >= 11 is 1.58. The van der Waals surface area contributed by atoms with Gasteiger partial charge in [-0.1, -0.05) is 11.8 Å². The van der Waals surface area contributed by atoms with Crippen LogP contribution in [0.2, 0.25) is 0 Å². The van der Waals surface area contributed by atoms with E-state index in [-0.39, 0.29) is 5.91 Å². The second-order valence-corrected chi connectivity index (χ2v) is 5.46. The van der Waals surface area contributed by atoms with Crippen LogP contribution in [0.15, 0.2) is 17.7 Å². The summed E-state index contributed by atoms with van der Waals surface area (Å²) in [5.74, 6) is 1.49. The van der Waals surface area contributed by atoms with Crippen LogP contribution in [0.4, 0.5) is 0 Å². The van der Waals surface area contributed by atoms with Crippen molar-refractivity contribution < 1.29 is 4.79 Å². The molecule has 112 valence electrons. The average molecular weight is 306 g/mol. The number of rotatable bonds is 6. The number of hydrogen-bond acceptors (Lipinski definition) is 6. The Labute approximate surface area is 127 Å². The third-order valence-corrected chi connectivity index (χ3v) is 3.96. The molecule has 0 aliphatic carbocycles. The van der Waals surface area contributed by atoms with Gasteiger partial charge in [-0.2, -0.15) is 0 Å². The van der Waals surface area contributed by atoms with Crippen LogP contribution in [-0.4, -0.2) is 42.9 Å². The Balaban J connectivity index is 1.82. The van der Waals surface area contributed by atoms with Crippen molar-refractivity contribution in [1.29, 1.82) is 0 Å². The van der Waals surface area contributed by atoms with E-state index in [0.29, 0.717) is 17.8 Å². The Morgan fingerprint density at radius 1 is 1.38 bits per heavy atom. The van der Waals surface area contributed by atoms with Gasteiger partial charge in [0.1, 0.15) is 12.2 Å². The lowest BCUT2D eigenvalue weighted by atomic mass is 10.2. The highest BCUT2D eigenvalue weighted by Gasteiger charge is 2.10. The third kappa shape index (κ3) is 3.78. The van der Waals surface area contributed by atoms with E-state index in [1.165, 1.54) is 12.5 Å². The van der Waals surface area contributed by atoms with E-state index < -0.39 is 0 Å². The van der Waals surface area contributed by atoms with E-state index in [4.69, 9.17) is 0 Å². The molecule has 8 heteroatoms. The quantitative estimate of drug-likeness (QED) is 0.638. The molecule has 0 aliphatic heterocycles. The Hall–Kier alpha value is -1.96. The highest BCUT2D eigenvalue weighted by molar-refractivity contribution is 7.99. The van der Waals surface area contributed by atoms with Gasteiger partial charge in [0.25, 0.3) is 5.91 Å². The van der Waals surface area contributed by atoms with Gasteiger partial charge in [0.2, 0.25) is 0 Å². The summed E-state index contributed by atoms with van der Waals surface area (Å²) in [5, 5.41) is 11.9. The molecule has 0 atom stereocenters. The molecular formula is C13H18N6OS. The van der Waals surface area contributed by atoms with Crippen molar-refractivity contribution in [2.24, 2.45) is 0 Å². The maximum atomic E-state index is 12.0. The van der Waals surface area contributed by atoms with Crippen molar-refractivity contribution in [3.8, 4) is 0 Å². The first-order chi connectivity index (χ1) is 10.1. The van der Waals surface area contributed by atoms with Crippen LogP contribution in [0.1, 0.15) is 28.8 Å². The van der Waals surface area contributed by atoms with Crippen molar-refractivity contribution in [2.45, 2.75) is 32.5 Å². The van der Waals surface area contributed by atoms with Gasteiger partial charge in [0.05, 0.1) is 11.3 Å². The molecule has 0 spiro atoms. The molecule has 2 aromatic rings. The number of thioether (sulfide) groups is 1. The summed E-state index contributed by atoms with van der Waals surface area (Å²) in [6.45, 7) is 7.17. The van der Waals surface area contributed by atoms with Crippen molar-refractivity contribution in [3.63, 3.8) is 0 Å². The maximum absolute atomic E-state index is 12.0. The van der Waals surface area contributed by atoms with Crippen LogP contribution < -0.4 is 5.32 Å². The molecular weight excluding hydrogens is 288 g/mol. The molecule has 1 N–H and O–H groups in total. The van der Waals surface area contributed by atoms with E-state index in [1.807, 2.05) is 11.5 Å². The summed E-state index contributed by atoms with van der Waals surface area (Å²) in [6.07, 6.45) is 2.96. The lowest BCUT2D eigenvalue weighted by Crippen LogP contribution is -2.26. The van der Waals surface area contributed by atoms with Gasteiger partial charge in [0, 0.05) is 25.0 Å². The highest BCUT2D eigenvalue weighted by atomic mass is 32.2. The minimum absolute atomic E-state index is 0.151. The van der Waals surface area contributed by atoms with Crippen molar-refractivity contribution >= 4 is 17.7 Å². The average Bonchev–Trinajstić information content (AvgIpc) is 2.84. The van der Waals surface area contributed by atoms with Gasteiger partial charge >= 0.3 is 0 Å². The Morgan fingerprint density at radius 2 is 2.19 bits per heavy atom. The molecule has 7 nitrogen and oxygen atoms in total. The largest absolute Gasteiger partial charge is 0.351 e. The van der Waals surface area contributed by atoms with Crippen LogP contribution in [0.25, 0.3) is 0 Å². The standard InChI is InChI=1S/C13H18N6OS/c1-4-19-10(3)17-18-13(19)21-6-5-15-12(20)11-7-14-8-16-9(11)2/h7-8H,4-6H2,1-3H3,(H,15,20). The van der Waals surface area contributed by atoms with E-state index in [0.717, 1.165) is 23.3 Å². The SMILES string of the molecule is CCn1c(C)nnc1SCCNC(=O)c1cncnc1C. The molecule has 2 rings (SSSR count). The minimum atomic E-state index is -0.151. The second kappa shape index (κ2) is 7.16. The topological polar surface area (TPSA) is 85.6 Å². The molecule has 2 aromatic heterocycles. The first-order valence-electron chi connectivity index (χ1n) is 6.71. The summed E-state index contributed by atoms with van der Waals surface area (Å²) in [4.78, 5) is 19.8. The van der Waals surface area contributed by atoms with Crippen LogP contribution in [0.3, 0.4) is 0 Å². The zero-order chi connectivity index (χ0) is 15.2. The zero-order valence-corrected chi connectivity index (χ0v) is 13.1. The number of amides is 1. The third-order valence-electron chi connectivity index (χ3n) is 2.99. The fourth-order valence-corrected chi connectivity index (χ4v) is 2.75. The number of nitrogens with one attached hydrogen (secondary N) is 1. The van der Waals surface area contributed by atoms with Crippen molar-refractivity contribution in [3.05, 3.63) is 29.6 Å². The summed E-state index contributed by atoms with van der Waals surface area (Å²) in [5.41, 5.74) is 1.19. The highest BCUT2D eigenvalue weighted by Crippen LogP contribution is 2.15. The summed E-state index contributed by atoms with van der Waals surface area (Å²) in [6, 6.07) is 0. The van der Waals surface area contributed by atoms with Gasteiger partial charge in [-0.15, -0.1) is 10.2 Å². The van der Waals surface area contributed by atoms with E-state index in [1.54, 1.807) is 18.7 Å². The number of carbonyl (C=O) groups excluding carboxylic acids is 1. The van der Waals surface area contributed by atoms with Gasteiger partial charge in [-0.3, -0.25) is 4.79 Å². The van der Waals surface area contributed by atoms with Crippen molar-refractivity contribution in [2.75, 3.05) is 12.3 Å². The van der Waals surface area contributed by atoms with Crippen LogP contribution in [-0.2, 0) is 6.54 Å². The van der Waals surface area contributed by atoms with Gasteiger partial charge in [0.15, 0.2) is 5.16 Å². The Bertz CT molecular complexity index is 627. The molecule has 0 radical (unpaired) electrons. The van der Waals surface area contributed by atoms with Crippen LogP contribution >= 0.6 is 11.8 Å². The predicted molar refractivity (Wildman–Crippen MR) is 80.3 cm³/mol. The maximum Gasteiger partial charge on any atom is 0.254 e. The van der Waals surface area contributed by atoms with Crippen LogP contribution in [0, 0.1) is 13.8 Å². The van der Waals surface area contributed by atoms with Crippen molar-refractivity contribution in [1.82, 2.24) is 30.0 Å². The molecule has 1 amide bonds. The fraction of sp³-hybridized carbons (Fsp3) is 0.462. The number of hydrogen-bond donors (Lipinski definition) is 1. The Kier molecular flexibility index (Phi) is 5.26. The monoisotopic (exact) mass is 306 g/mol. The zero-order valence-electron chi connectivity index (χ0n) is 12.3. The van der Waals surface area contributed by atoms with E-state index >= 15 is 0 Å². The normalized spacial score (nSPS) is 10.6. The molecule has 0 saturated carbocycles. The molecule has 0 aliphatic rings. The first kappa shape index (κ1) is 15.4. The van der Waals surface area contributed by atoms with E-state index in [2.05, 4.69) is 32.4 Å². The van der Waals surface area contributed by atoms with Gasteiger partial charge in [-0.05, 0) is 20.8 Å². The molecule has 0 fully saturated rings. The molecule has 0 saturated heterocycles. The number of carbonyl (C=O) groups is 1. The molecule has 0 bridgehead atoms.